The number of para-hydroxylation sites is 2. The van der Waals surface area contributed by atoms with Crippen LogP contribution in [0.3, 0.4) is 0 Å². The first-order valence-corrected chi connectivity index (χ1v) is 3.79. The van der Waals surface area contributed by atoms with Crippen molar-refractivity contribution in [2.75, 3.05) is 0 Å². The molecule has 0 fully saturated rings. The second-order valence-corrected chi connectivity index (χ2v) is 2.77. The fourth-order valence-corrected chi connectivity index (χ4v) is 1.23. The maximum atomic E-state index is 11.2. The van der Waals surface area contributed by atoms with Crippen LogP contribution in [0.2, 0.25) is 5.15 Å². The number of hydrogen-bond acceptors (Lipinski definition) is 2. The van der Waals surface area contributed by atoms with E-state index < -0.39 is 0 Å². The molecule has 0 radical (unpaired) electrons. The van der Waals surface area contributed by atoms with E-state index >= 15 is 0 Å². The van der Waals surface area contributed by atoms with Crippen LogP contribution in [0.1, 0.15) is 0 Å². The van der Waals surface area contributed by atoms with E-state index in [1.807, 2.05) is 6.07 Å². The lowest BCUT2D eigenvalue weighted by molar-refractivity contribution is -0.577. The summed E-state index contributed by atoms with van der Waals surface area (Å²) < 4.78 is 0.713. The Morgan fingerprint density at radius 2 is 2.08 bits per heavy atom. The van der Waals surface area contributed by atoms with E-state index in [4.69, 9.17) is 11.6 Å². The molecule has 1 aromatic heterocycles. The summed E-state index contributed by atoms with van der Waals surface area (Å²) in [4.78, 5) is 3.98. The van der Waals surface area contributed by atoms with E-state index in [2.05, 4.69) is 4.98 Å². The monoisotopic (exact) mass is 180 g/mol. The summed E-state index contributed by atoms with van der Waals surface area (Å²) in [5.74, 6) is 0. The molecule has 1 aromatic carbocycles. The van der Waals surface area contributed by atoms with Gasteiger partial charge in [-0.15, -0.1) is 0 Å². The fraction of sp³-hybridized carbons (Fsp3) is 0. The van der Waals surface area contributed by atoms with Gasteiger partial charge in [0.15, 0.2) is 5.15 Å². The molecule has 12 heavy (non-hydrogen) atoms. The molecule has 0 saturated carbocycles. The maximum absolute atomic E-state index is 11.2. The van der Waals surface area contributed by atoms with Crippen molar-refractivity contribution < 1.29 is 4.73 Å². The first kappa shape index (κ1) is 7.31. The molecular weight excluding hydrogens is 176 g/mol. The van der Waals surface area contributed by atoms with E-state index in [1.54, 1.807) is 18.2 Å². The number of benzene rings is 1. The normalized spacial score (nSPS) is 10.4. The quantitative estimate of drug-likeness (QED) is 0.456. The second kappa shape index (κ2) is 2.60. The zero-order valence-corrected chi connectivity index (χ0v) is 6.82. The largest absolute Gasteiger partial charge is 0.618 e. The molecular formula is C8H5ClN2O. The third-order valence-corrected chi connectivity index (χ3v) is 1.75. The molecule has 60 valence electrons. The summed E-state index contributed by atoms with van der Waals surface area (Å²) in [6.07, 6.45) is 1.24. The second-order valence-electron chi connectivity index (χ2n) is 2.38. The van der Waals surface area contributed by atoms with Crippen molar-refractivity contribution in [2.24, 2.45) is 0 Å². The number of halogens is 1. The van der Waals surface area contributed by atoms with Crippen molar-refractivity contribution in [2.45, 2.75) is 0 Å². The van der Waals surface area contributed by atoms with E-state index in [1.165, 1.54) is 6.20 Å². The molecule has 4 heteroatoms. The zero-order chi connectivity index (χ0) is 8.55. The number of fused-ring (bicyclic) bond motifs is 1. The number of aromatic nitrogens is 2. The Kier molecular flexibility index (Phi) is 1.59. The predicted molar refractivity (Wildman–Crippen MR) is 45.7 cm³/mol. The van der Waals surface area contributed by atoms with Gasteiger partial charge < -0.3 is 5.21 Å². The number of rotatable bonds is 0. The molecule has 2 rings (SSSR count). The fourth-order valence-electron chi connectivity index (χ4n) is 1.06. The molecule has 0 atom stereocenters. The molecule has 0 aliphatic rings. The van der Waals surface area contributed by atoms with Gasteiger partial charge in [-0.25, -0.2) is 4.98 Å². The van der Waals surface area contributed by atoms with Gasteiger partial charge in [0.2, 0.25) is 11.7 Å². The maximum Gasteiger partial charge on any atom is 0.242 e. The Bertz CT molecular complexity index is 430. The van der Waals surface area contributed by atoms with Crippen LogP contribution in [0, 0.1) is 5.21 Å². The highest BCUT2D eigenvalue weighted by molar-refractivity contribution is 6.29. The van der Waals surface area contributed by atoms with Gasteiger partial charge >= 0.3 is 0 Å². The minimum Gasteiger partial charge on any atom is -0.618 e. The van der Waals surface area contributed by atoms with Gasteiger partial charge in [0.25, 0.3) is 0 Å². The lowest BCUT2D eigenvalue weighted by atomic mass is 10.3. The van der Waals surface area contributed by atoms with Gasteiger partial charge in [-0.3, -0.25) is 0 Å². The Morgan fingerprint density at radius 1 is 1.33 bits per heavy atom. The highest BCUT2D eigenvalue weighted by Crippen LogP contribution is 2.09. The summed E-state index contributed by atoms with van der Waals surface area (Å²) in [7, 11) is 0. The number of hydrogen-bond donors (Lipinski definition) is 0. The van der Waals surface area contributed by atoms with Gasteiger partial charge in [0.05, 0.1) is 0 Å². The zero-order valence-electron chi connectivity index (χ0n) is 6.07. The van der Waals surface area contributed by atoms with Crippen molar-refractivity contribution >= 4 is 22.6 Å². The third kappa shape index (κ3) is 1.08. The van der Waals surface area contributed by atoms with E-state index in [-0.39, 0.29) is 5.15 Å². The topological polar surface area (TPSA) is 39.8 Å². The Morgan fingerprint density at radius 3 is 2.92 bits per heavy atom. The standard InChI is InChI=1S/C8H5ClN2O/c9-8-5-11(12)7-4-2-1-3-6(7)10-8/h1-5H. The number of nitrogens with zero attached hydrogens (tertiary/aromatic N) is 2. The summed E-state index contributed by atoms with van der Waals surface area (Å²) in [5, 5.41) is 11.4. The van der Waals surface area contributed by atoms with Crippen LogP contribution < -0.4 is 4.73 Å². The van der Waals surface area contributed by atoms with Crippen LogP contribution in [-0.2, 0) is 0 Å². The molecule has 0 unspecified atom stereocenters. The van der Waals surface area contributed by atoms with Gasteiger partial charge in [0, 0.05) is 6.07 Å². The first-order chi connectivity index (χ1) is 5.77. The molecule has 0 saturated heterocycles. The third-order valence-electron chi connectivity index (χ3n) is 1.57. The predicted octanol–water partition coefficient (Wildman–Crippen LogP) is 1.52. The van der Waals surface area contributed by atoms with Crippen LogP contribution in [0.5, 0.6) is 0 Å². The van der Waals surface area contributed by atoms with Crippen LogP contribution in [0.4, 0.5) is 0 Å². The molecule has 0 aliphatic heterocycles. The first-order valence-electron chi connectivity index (χ1n) is 3.42. The van der Waals surface area contributed by atoms with Crippen molar-refractivity contribution in [1.82, 2.24) is 4.98 Å². The van der Waals surface area contributed by atoms with Gasteiger partial charge in [-0.1, -0.05) is 23.7 Å². The lowest BCUT2D eigenvalue weighted by Gasteiger charge is -1.99. The van der Waals surface area contributed by atoms with Gasteiger partial charge in [0.1, 0.15) is 5.52 Å². The molecule has 0 bridgehead atoms. The van der Waals surface area contributed by atoms with Gasteiger partial charge in [-0.05, 0) is 6.07 Å². The van der Waals surface area contributed by atoms with Crippen molar-refractivity contribution in [3.8, 4) is 0 Å². The molecule has 3 nitrogen and oxygen atoms in total. The average molecular weight is 181 g/mol. The summed E-state index contributed by atoms with van der Waals surface area (Å²) in [6.45, 7) is 0. The average Bonchev–Trinajstić information content (AvgIpc) is 2.04. The van der Waals surface area contributed by atoms with E-state index in [9.17, 15) is 5.21 Å². The summed E-state index contributed by atoms with van der Waals surface area (Å²) >= 11 is 5.59. The lowest BCUT2D eigenvalue weighted by Crippen LogP contribution is -2.26. The van der Waals surface area contributed by atoms with E-state index in [0.717, 1.165) is 0 Å². The Balaban J connectivity index is 2.89. The molecule has 1 heterocycles. The minimum absolute atomic E-state index is 0.212. The smallest absolute Gasteiger partial charge is 0.242 e. The van der Waals surface area contributed by atoms with Crippen LogP contribution >= 0.6 is 11.6 Å². The molecule has 0 spiro atoms. The van der Waals surface area contributed by atoms with Crippen molar-refractivity contribution in [1.29, 1.82) is 0 Å². The van der Waals surface area contributed by atoms with E-state index in [0.29, 0.717) is 15.8 Å². The van der Waals surface area contributed by atoms with Crippen molar-refractivity contribution in [3.63, 3.8) is 0 Å². The Labute approximate surface area is 73.8 Å². The highest BCUT2D eigenvalue weighted by Gasteiger charge is 2.04. The van der Waals surface area contributed by atoms with Crippen LogP contribution in [0.25, 0.3) is 11.0 Å². The molecule has 0 aliphatic carbocycles. The summed E-state index contributed by atoms with van der Waals surface area (Å²) in [5.41, 5.74) is 1.14. The van der Waals surface area contributed by atoms with Crippen LogP contribution in [-0.4, -0.2) is 4.98 Å². The molecule has 2 aromatic rings. The van der Waals surface area contributed by atoms with Crippen molar-refractivity contribution in [3.05, 3.63) is 40.8 Å². The SMILES string of the molecule is [O-][n+]1cc(Cl)nc2ccccc21. The summed E-state index contributed by atoms with van der Waals surface area (Å²) in [6, 6.07) is 7.04. The van der Waals surface area contributed by atoms with Gasteiger partial charge in [-0.2, -0.15) is 4.73 Å². The highest BCUT2D eigenvalue weighted by atomic mass is 35.5. The molecule has 0 N–H and O–H groups in total. The van der Waals surface area contributed by atoms with Crippen LogP contribution in [0.15, 0.2) is 30.5 Å². The molecule has 0 amide bonds. The minimum atomic E-state index is 0.212. The Hall–Kier alpha value is -1.35.